The molecule has 0 spiro atoms. The second-order valence-corrected chi connectivity index (χ2v) is 6.99. The van der Waals surface area contributed by atoms with Crippen LogP contribution in [0.4, 0.5) is 0 Å². The van der Waals surface area contributed by atoms with E-state index in [0.717, 1.165) is 59.4 Å². The second-order valence-electron chi connectivity index (χ2n) is 6.99. The van der Waals surface area contributed by atoms with Gasteiger partial charge in [-0.15, -0.1) is 5.10 Å². The zero-order valence-electron chi connectivity index (χ0n) is 15.5. The van der Waals surface area contributed by atoms with Gasteiger partial charge in [-0.2, -0.15) is 0 Å². The van der Waals surface area contributed by atoms with E-state index in [1.165, 1.54) is 0 Å². The molecule has 0 amide bonds. The number of rotatable bonds is 4. The first-order valence-corrected chi connectivity index (χ1v) is 9.61. The lowest BCUT2D eigenvalue weighted by atomic mass is 10.1. The van der Waals surface area contributed by atoms with Crippen molar-refractivity contribution in [2.45, 2.75) is 18.9 Å². The van der Waals surface area contributed by atoms with E-state index in [1.54, 1.807) is 6.20 Å². The maximum atomic E-state index is 6.41. The second kappa shape index (κ2) is 7.40. The van der Waals surface area contributed by atoms with Crippen LogP contribution in [0.1, 0.15) is 12.8 Å². The lowest BCUT2D eigenvalue weighted by molar-refractivity contribution is 0.162. The number of pyridine rings is 1. The molecule has 5 rings (SSSR count). The van der Waals surface area contributed by atoms with Gasteiger partial charge in [0.25, 0.3) is 0 Å². The van der Waals surface area contributed by atoms with Crippen LogP contribution in [0.3, 0.4) is 0 Å². The highest BCUT2D eigenvalue weighted by molar-refractivity contribution is 5.92. The van der Waals surface area contributed by atoms with E-state index in [2.05, 4.69) is 26.7 Å². The Kier molecular flexibility index (Phi) is 4.47. The lowest BCUT2D eigenvalue weighted by Gasteiger charge is -2.25. The molecule has 0 aliphatic carbocycles. The van der Waals surface area contributed by atoms with Crippen molar-refractivity contribution in [3.63, 3.8) is 0 Å². The van der Waals surface area contributed by atoms with E-state index in [0.29, 0.717) is 0 Å². The number of ether oxygens (including phenoxy) is 1. The normalized spacial score (nSPS) is 15.0. The van der Waals surface area contributed by atoms with Crippen LogP contribution in [0.15, 0.2) is 67.1 Å². The maximum absolute atomic E-state index is 6.41. The summed E-state index contributed by atoms with van der Waals surface area (Å²) in [6.07, 6.45) is 7.83. The Bertz CT molecular complexity index is 1090. The molecule has 0 unspecified atom stereocenters. The number of hydrogen-bond donors (Lipinski definition) is 1. The Balaban J connectivity index is 1.60. The van der Waals surface area contributed by atoms with Gasteiger partial charge in [-0.3, -0.25) is 4.98 Å². The molecule has 1 N–H and O–H groups in total. The van der Waals surface area contributed by atoms with Crippen LogP contribution >= 0.6 is 0 Å². The molecule has 0 atom stereocenters. The van der Waals surface area contributed by atoms with Crippen LogP contribution < -0.4 is 10.1 Å². The number of aromatic nitrogens is 4. The molecule has 3 heterocycles. The summed E-state index contributed by atoms with van der Waals surface area (Å²) in [6, 6.07) is 16.2. The third-order valence-corrected chi connectivity index (χ3v) is 5.13. The van der Waals surface area contributed by atoms with Gasteiger partial charge in [-0.1, -0.05) is 35.5 Å². The third kappa shape index (κ3) is 3.23. The van der Waals surface area contributed by atoms with E-state index >= 15 is 0 Å². The molecule has 1 aliphatic rings. The van der Waals surface area contributed by atoms with Gasteiger partial charge in [-0.25, -0.2) is 4.68 Å². The van der Waals surface area contributed by atoms with Crippen molar-refractivity contribution in [3.8, 4) is 22.7 Å². The van der Waals surface area contributed by atoms with Gasteiger partial charge < -0.3 is 10.1 Å². The van der Waals surface area contributed by atoms with Crippen LogP contribution in [0.25, 0.3) is 27.7 Å². The van der Waals surface area contributed by atoms with Crippen LogP contribution in [-0.2, 0) is 0 Å². The van der Waals surface area contributed by atoms with Crippen molar-refractivity contribution < 1.29 is 4.74 Å². The molecule has 1 saturated heterocycles. The molecule has 6 nitrogen and oxygen atoms in total. The Morgan fingerprint density at radius 3 is 2.71 bits per heavy atom. The maximum Gasteiger partial charge on any atom is 0.146 e. The third-order valence-electron chi connectivity index (χ3n) is 5.13. The summed E-state index contributed by atoms with van der Waals surface area (Å²) in [5.74, 6) is 0.829. The minimum Gasteiger partial charge on any atom is -0.488 e. The highest BCUT2D eigenvalue weighted by Gasteiger charge is 2.19. The van der Waals surface area contributed by atoms with E-state index in [9.17, 15) is 0 Å². The molecule has 0 bridgehead atoms. The van der Waals surface area contributed by atoms with Gasteiger partial charge in [0.1, 0.15) is 23.2 Å². The Labute approximate surface area is 163 Å². The molecule has 0 saturated carbocycles. The molecule has 0 radical (unpaired) electrons. The number of nitrogens with one attached hydrogen (secondary N) is 1. The minimum absolute atomic E-state index is 0.205. The van der Waals surface area contributed by atoms with E-state index in [1.807, 2.05) is 59.5 Å². The molecular formula is C22H21N5O. The number of fused-ring (bicyclic) bond motifs is 1. The minimum atomic E-state index is 0.205. The first-order valence-electron chi connectivity index (χ1n) is 9.61. The predicted molar refractivity (Wildman–Crippen MR) is 109 cm³/mol. The van der Waals surface area contributed by atoms with E-state index in [4.69, 9.17) is 4.74 Å². The molecule has 28 heavy (non-hydrogen) atoms. The SMILES string of the molecule is c1ccc(-c2cn(-c3c(OC4CCNCC4)ccc4cnccc34)nn2)cc1. The molecule has 6 heteroatoms. The average molecular weight is 371 g/mol. The smallest absolute Gasteiger partial charge is 0.146 e. The zero-order valence-corrected chi connectivity index (χ0v) is 15.5. The summed E-state index contributed by atoms with van der Waals surface area (Å²) < 4.78 is 8.24. The van der Waals surface area contributed by atoms with E-state index in [-0.39, 0.29) is 6.10 Å². The quantitative estimate of drug-likeness (QED) is 0.594. The number of piperidine rings is 1. The first-order chi connectivity index (χ1) is 13.9. The van der Waals surface area contributed by atoms with Crippen molar-refractivity contribution in [1.82, 2.24) is 25.3 Å². The van der Waals surface area contributed by atoms with Crippen LogP contribution in [0.5, 0.6) is 5.75 Å². The largest absolute Gasteiger partial charge is 0.488 e. The van der Waals surface area contributed by atoms with Gasteiger partial charge in [0.15, 0.2) is 0 Å². The Hall–Kier alpha value is -3.25. The van der Waals surface area contributed by atoms with Gasteiger partial charge in [0, 0.05) is 28.7 Å². The zero-order chi connectivity index (χ0) is 18.8. The number of nitrogens with zero attached hydrogens (tertiary/aromatic N) is 4. The van der Waals surface area contributed by atoms with Crippen molar-refractivity contribution in [2.75, 3.05) is 13.1 Å². The summed E-state index contributed by atoms with van der Waals surface area (Å²) in [6.45, 7) is 1.97. The molecule has 2 aromatic heterocycles. The van der Waals surface area contributed by atoms with Crippen LogP contribution in [0.2, 0.25) is 0 Å². The summed E-state index contributed by atoms with van der Waals surface area (Å²) in [7, 11) is 0. The first kappa shape index (κ1) is 16.9. The fourth-order valence-corrected chi connectivity index (χ4v) is 3.67. The lowest BCUT2D eigenvalue weighted by Crippen LogP contribution is -2.34. The van der Waals surface area contributed by atoms with Crippen molar-refractivity contribution in [1.29, 1.82) is 0 Å². The van der Waals surface area contributed by atoms with Gasteiger partial charge in [0.05, 0.1) is 6.20 Å². The molecule has 1 aliphatic heterocycles. The summed E-state index contributed by atoms with van der Waals surface area (Å²) >= 11 is 0. The monoisotopic (exact) mass is 371 g/mol. The van der Waals surface area contributed by atoms with Crippen molar-refractivity contribution >= 4 is 10.8 Å². The Morgan fingerprint density at radius 1 is 1.00 bits per heavy atom. The predicted octanol–water partition coefficient (Wildman–Crippen LogP) is 3.61. The summed E-state index contributed by atoms with van der Waals surface area (Å²) in [4.78, 5) is 4.25. The summed E-state index contributed by atoms with van der Waals surface area (Å²) in [5.41, 5.74) is 2.78. The highest BCUT2D eigenvalue weighted by atomic mass is 16.5. The van der Waals surface area contributed by atoms with Crippen LogP contribution in [0, 0.1) is 0 Å². The Morgan fingerprint density at radius 2 is 1.86 bits per heavy atom. The van der Waals surface area contributed by atoms with Gasteiger partial charge in [-0.05, 0) is 44.1 Å². The van der Waals surface area contributed by atoms with Crippen molar-refractivity contribution in [3.05, 3.63) is 67.1 Å². The van der Waals surface area contributed by atoms with Crippen molar-refractivity contribution in [2.24, 2.45) is 0 Å². The average Bonchev–Trinajstić information content (AvgIpc) is 3.25. The molecule has 4 aromatic rings. The molecule has 2 aromatic carbocycles. The number of benzene rings is 2. The topological polar surface area (TPSA) is 64.9 Å². The van der Waals surface area contributed by atoms with Crippen LogP contribution in [-0.4, -0.2) is 39.2 Å². The fourth-order valence-electron chi connectivity index (χ4n) is 3.67. The standard InChI is InChI=1S/C22H21N5O/c1-2-4-16(5-3-1)20-15-27(26-25-20)22-19-10-13-24-14-17(19)6-7-21(22)28-18-8-11-23-12-9-18/h1-7,10,13-15,18,23H,8-9,11-12H2. The fraction of sp³-hybridized carbons (Fsp3) is 0.227. The summed E-state index contributed by atoms with van der Waals surface area (Å²) in [5, 5.41) is 14.3. The highest BCUT2D eigenvalue weighted by Crippen LogP contribution is 2.33. The van der Waals surface area contributed by atoms with Gasteiger partial charge >= 0.3 is 0 Å². The van der Waals surface area contributed by atoms with Gasteiger partial charge in [0.2, 0.25) is 0 Å². The number of hydrogen-bond acceptors (Lipinski definition) is 5. The molecular weight excluding hydrogens is 350 g/mol. The molecule has 140 valence electrons. The van der Waals surface area contributed by atoms with E-state index < -0.39 is 0 Å². The molecule has 1 fully saturated rings.